The summed E-state index contributed by atoms with van der Waals surface area (Å²) in [6, 6.07) is 14.8. The summed E-state index contributed by atoms with van der Waals surface area (Å²) in [7, 11) is 0. The zero-order chi connectivity index (χ0) is 18.1. The van der Waals surface area contributed by atoms with Crippen LogP contribution in [-0.2, 0) is 0 Å². The highest BCUT2D eigenvalue weighted by Gasteiger charge is 2.20. The Hall–Kier alpha value is -2.99. The molecule has 1 fully saturated rings. The van der Waals surface area contributed by atoms with Gasteiger partial charge in [0.15, 0.2) is 0 Å². The minimum atomic E-state index is 0.976. The maximum Gasteiger partial charge on any atom is 0.0935 e. The van der Waals surface area contributed by atoms with Gasteiger partial charge < -0.3 is 9.80 Å². The molecule has 1 aromatic carbocycles. The first-order chi connectivity index (χ1) is 13.4. The van der Waals surface area contributed by atoms with Crippen LogP contribution in [0.1, 0.15) is 0 Å². The summed E-state index contributed by atoms with van der Waals surface area (Å²) >= 11 is 1.67. The van der Waals surface area contributed by atoms with Gasteiger partial charge in [0.1, 0.15) is 0 Å². The van der Waals surface area contributed by atoms with E-state index in [1.54, 1.807) is 11.3 Å². The van der Waals surface area contributed by atoms with Crippen molar-refractivity contribution in [3.63, 3.8) is 0 Å². The van der Waals surface area contributed by atoms with E-state index in [9.17, 15) is 0 Å². The number of anilines is 2. The highest BCUT2D eigenvalue weighted by molar-refractivity contribution is 7.16. The molecular weight excluding hydrogens is 354 g/mol. The molecule has 0 atom stereocenters. The van der Waals surface area contributed by atoms with Crippen molar-refractivity contribution in [1.29, 1.82) is 0 Å². The fraction of sp³-hybridized carbons (Fsp3) is 0.190. The van der Waals surface area contributed by atoms with Crippen molar-refractivity contribution < 1.29 is 0 Å². The Labute approximate surface area is 162 Å². The molecule has 0 amide bonds. The molecule has 4 heterocycles. The fourth-order valence-corrected chi connectivity index (χ4v) is 4.35. The summed E-state index contributed by atoms with van der Waals surface area (Å²) in [5.74, 6) is 0. The SMILES string of the molecule is c1cnc(-c2ccc3ncsc3c2)c(N2CCN(c3ccncc3)CC2)c1. The van der Waals surface area contributed by atoms with Crippen molar-refractivity contribution in [1.82, 2.24) is 15.0 Å². The number of benzene rings is 1. The van der Waals surface area contributed by atoms with E-state index in [-0.39, 0.29) is 0 Å². The molecule has 0 spiro atoms. The van der Waals surface area contributed by atoms with Crippen LogP contribution >= 0.6 is 11.3 Å². The standard InChI is InChI=1S/C21H19N5S/c1-2-19(26-12-10-25(11-13-26)17-5-8-22-9-6-17)21(23-7-1)16-3-4-18-20(14-16)27-15-24-18/h1-9,14-15H,10-13H2. The van der Waals surface area contributed by atoms with Gasteiger partial charge in [0, 0.05) is 56.0 Å². The fourth-order valence-electron chi connectivity index (χ4n) is 3.64. The molecule has 0 saturated carbocycles. The molecule has 27 heavy (non-hydrogen) atoms. The van der Waals surface area contributed by atoms with Crippen LogP contribution in [-0.4, -0.2) is 41.1 Å². The van der Waals surface area contributed by atoms with Crippen molar-refractivity contribution in [2.24, 2.45) is 0 Å². The van der Waals surface area contributed by atoms with E-state index in [1.807, 2.05) is 30.2 Å². The van der Waals surface area contributed by atoms with E-state index < -0.39 is 0 Å². The zero-order valence-electron chi connectivity index (χ0n) is 14.8. The average Bonchev–Trinajstić information content (AvgIpc) is 3.22. The predicted molar refractivity (Wildman–Crippen MR) is 112 cm³/mol. The molecule has 0 aliphatic carbocycles. The van der Waals surface area contributed by atoms with E-state index >= 15 is 0 Å². The van der Waals surface area contributed by atoms with E-state index in [1.165, 1.54) is 16.1 Å². The first kappa shape index (κ1) is 16.2. The summed E-state index contributed by atoms with van der Waals surface area (Å²) in [6.07, 6.45) is 5.59. The van der Waals surface area contributed by atoms with Crippen LogP contribution in [0.5, 0.6) is 0 Å². The lowest BCUT2D eigenvalue weighted by Crippen LogP contribution is -2.46. The summed E-state index contributed by atoms with van der Waals surface area (Å²) in [5, 5.41) is 0. The van der Waals surface area contributed by atoms with E-state index in [4.69, 9.17) is 4.98 Å². The summed E-state index contributed by atoms with van der Waals surface area (Å²) in [4.78, 5) is 18.1. The molecular formula is C21H19N5S. The van der Waals surface area contributed by atoms with Gasteiger partial charge in [-0.25, -0.2) is 4.98 Å². The molecule has 5 rings (SSSR count). The maximum absolute atomic E-state index is 4.71. The van der Waals surface area contributed by atoms with E-state index in [0.29, 0.717) is 0 Å². The Morgan fingerprint density at radius 2 is 1.63 bits per heavy atom. The van der Waals surface area contributed by atoms with Gasteiger partial charge in [0.25, 0.3) is 0 Å². The molecule has 5 nitrogen and oxygen atoms in total. The number of hydrogen-bond acceptors (Lipinski definition) is 6. The van der Waals surface area contributed by atoms with Crippen molar-refractivity contribution in [3.8, 4) is 11.3 Å². The topological polar surface area (TPSA) is 45.2 Å². The Bertz CT molecular complexity index is 1050. The van der Waals surface area contributed by atoms with Gasteiger partial charge >= 0.3 is 0 Å². The largest absolute Gasteiger partial charge is 0.368 e. The quantitative estimate of drug-likeness (QED) is 0.541. The van der Waals surface area contributed by atoms with Gasteiger partial charge in [-0.2, -0.15) is 0 Å². The van der Waals surface area contributed by atoms with Crippen LogP contribution < -0.4 is 9.80 Å². The maximum atomic E-state index is 4.71. The molecule has 0 unspecified atom stereocenters. The predicted octanol–water partition coefficient (Wildman–Crippen LogP) is 4.08. The van der Waals surface area contributed by atoms with Crippen LogP contribution in [0, 0.1) is 0 Å². The molecule has 0 radical (unpaired) electrons. The Morgan fingerprint density at radius 1 is 0.815 bits per heavy atom. The number of hydrogen-bond donors (Lipinski definition) is 0. The van der Waals surface area contributed by atoms with Gasteiger partial charge in [-0.1, -0.05) is 6.07 Å². The van der Waals surface area contributed by atoms with Crippen LogP contribution in [0.25, 0.3) is 21.5 Å². The van der Waals surface area contributed by atoms with Gasteiger partial charge in [-0.05, 0) is 36.4 Å². The number of thiazole rings is 1. The molecule has 0 bridgehead atoms. The minimum Gasteiger partial charge on any atom is -0.368 e. The van der Waals surface area contributed by atoms with Crippen molar-refractivity contribution in [2.75, 3.05) is 36.0 Å². The Kier molecular flexibility index (Phi) is 4.18. The minimum absolute atomic E-state index is 0.976. The van der Waals surface area contributed by atoms with Gasteiger partial charge in [0.2, 0.25) is 0 Å². The lowest BCUT2D eigenvalue weighted by atomic mass is 10.1. The number of rotatable bonds is 3. The molecule has 4 aromatic rings. The number of piperazine rings is 1. The monoisotopic (exact) mass is 373 g/mol. The van der Waals surface area contributed by atoms with Crippen molar-refractivity contribution in [3.05, 3.63) is 66.6 Å². The number of fused-ring (bicyclic) bond motifs is 1. The second-order valence-corrected chi connectivity index (χ2v) is 7.47. The summed E-state index contributed by atoms with van der Waals surface area (Å²) in [5.41, 5.74) is 7.59. The lowest BCUT2D eigenvalue weighted by Gasteiger charge is -2.37. The van der Waals surface area contributed by atoms with Crippen LogP contribution in [0.3, 0.4) is 0 Å². The van der Waals surface area contributed by atoms with Gasteiger partial charge in [-0.3, -0.25) is 9.97 Å². The number of aromatic nitrogens is 3. The van der Waals surface area contributed by atoms with Crippen LogP contribution in [0.15, 0.2) is 66.6 Å². The molecule has 0 N–H and O–H groups in total. The van der Waals surface area contributed by atoms with Crippen molar-refractivity contribution >= 4 is 32.9 Å². The molecule has 6 heteroatoms. The lowest BCUT2D eigenvalue weighted by molar-refractivity contribution is 0.653. The van der Waals surface area contributed by atoms with E-state index in [0.717, 1.165) is 43.0 Å². The smallest absolute Gasteiger partial charge is 0.0935 e. The van der Waals surface area contributed by atoms with Gasteiger partial charge in [-0.15, -0.1) is 11.3 Å². The highest BCUT2D eigenvalue weighted by Crippen LogP contribution is 2.32. The molecule has 1 aliphatic rings. The normalized spacial score (nSPS) is 14.7. The van der Waals surface area contributed by atoms with Crippen molar-refractivity contribution in [2.45, 2.75) is 0 Å². The highest BCUT2D eigenvalue weighted by atomic mass is 32.1. The molecule has 134 valence electrons. The second kappa shape index (κ2) is 6.96. The van der Waals surface area contributed by atoms with Gasteiger partial charge in [0.05, 0.1) is 27.1 Å². The third-order valence-electron chi connectivity index (χ3n) is 5.04. The first-order valence-electron chi connectivity index (χ1n) is 9.07. The van der Waals surface area contributed by atoms with E-state index in [2.05, 4.69) is 56.2 Å². The summed E-state index contributed by atoms with van der Waals surface area (Å²) in [6.45, 7) is 3.94. The second-order valence-electron chi connectivity index (χ2n) is 6.59. The number of pyridine rings is 2. The zero-order valence-corrected chi connectivity index (χ0v) is 15.6. The van der Waals surface area contributed by atoms with Crippen LogP contribution in [0.4, 0.5) is 11.4 Å². The summed E-state index contributed by atoms with van der Waals surface area (Å²) < 4.78 is 1.20. The number of nitrogens with zero attached hydrogens (tertiary/aromatic N) is 5. The third-order valence-corrected chi connectivity index (χ3v) is 5.83. The van der Waals surface area contributed by atoms with Crippen LogP contribution in [0.2, 0.25) is 0 Å². The molecule has 1 saturated heterocycles. The Morgan fingerprint density at radius 3 is 2.48 bits per heavy atom. The Balaban J connectivity index is 1.41. The molecule has 3 aromatic heterocycles. The molecule has 1 aliphatic heterocycles. The first-order valence-corrected chi connectivity index (χ1v) is 9.95. The average molecular weight is 373 g/mol. The third kappa shape index (κ3) is 3.13.